The number of carboxylic acid groups (broad SMARTS) is 1. The molecule has 1 spiro atoms. The highest BCUT2D eigenvalue weighted by molar-refractivity contribution is 8.00. The van der Waals surface area contributed by atoms with E-state index in [2.05, 4.69) is 5.32 Å². The molecule has 0 amide bonds. The fraction of sp³-hybridized carbons (Fsp3) is 0.364. The van der Waals surface area contributed by atoms with Crippen molar-refractivity contribution in [3.8, 4) is 11.5 Å². The smallest absolute Gasteiger partial charge is 0.321 e. The van der Waals surface area contributed by atoms with E-state index >= 15 is 0 Å². The van der Waals surface area contributed by atoms with Gasteiger partial charge in [0.2, 0.25) is 0 Å². The summed E-state index contributed by atoms with van der Waals surface area (Å²) < 4.78 is 5.51. The molecule has 1 unspecified atom stereocenters. The lowest BCUT2D eigenvalue weighted by molar-refractivity contribution is -0.138. The SMILES string of the molecule is O=C(O)[C@H]1CSC2(COc3cc(O)ccc32)N1. The van der Waals surface area contributed by atoms with E-state index in [1.807, 2.05) is 0 Å². The molecular weight excluding hydrogens is 242 g/mol. The summed E-state index contributed by atoms with van der Waals surface area (Å²) in [5.41, 5.74) is 0.907. The number of rotatable bonds is 1. The summed E-state index contributed by atoms with van der Waals surface area (Å²) in [4.78, 5) is 10.5. The van der Waals surface area contributed by atoms with E-state index in [9.17, 15) is 9.90 Å². The minimum Gasteiger partial charge on any atom is -0.508 e. The Labute approximate surface area is 102 Å². The molecule has 0 saturated carbocycles. The lowest BCUT2D eigenvalue weighted by atomic mass is 10.1. The number of hydrogen-bond acceptors (Lipinski definition) is 5. The molecule has 17 heavy (non-hydrogen) atoms. The number of fused-ring (bicyclic) bond motifs is 2. The third-order valence-corrected chi connectivity index (χ3v) is 4.48. The Kier molecular flexibility index (Phi) is 2.24. The number of phenols is 1. The van der Waals surface area contributed by atoms with Crippen LogP contribution in [0.4, 0.5) is 0 Å². The van der Waals surface area contributed by atoms with Gasteiger partial charge in [-0.25, -0.2) is 0 Å². The standard InChI is InChI=1S/C11H11NO4S/c13-6-1-2-7-9(3-6)16-5-11(7)12-8(4-17-11)10(14)15/h1-3,8,12-13H,4-5H2,(H,14,15)/t8-,11?/m1/s1. The van der Waals surface area contributed by atoms with Gasteiger partial charge in [-0.2, -0.15) is 0 Å². The lowest BCUT2D eigenvalue weighted by Crippen LogP contribution is -2.44. The summed E-state index contributed by atoms with van der Waals surface area (Å²) in [6, 6.07) is 4.37. The van der Waals surface area contributed by atoms with Crippen LogP contribution in [0.3, 0.4) is 0 Å². The van der Waals surface area contributed by atoms with Crippen LogP contribution >= 0.6 is 11.8 Å². The molecule has 0 bridgehead atoms. The van der Waals surface area contributed by atoms with E-state index in [0.29, 0.717) is 18.1 Å². The van der Waals surface area contributed by atoms with Gasteiger partial charge in [0.25, 0.3) is 0 Å². The Bertz CT molecular complexity index is 492. The second kappa shape index (κ2) is 3.54. The molecule has 0 radical (unpaired) electrons. The molecule has 90 valence electrons. The monoisotopic (exact) mass is 253 g/mol. The Balaban J connectivity index is 1.96. The zero-order valence-electron chi connectivity index (χ0n) is 8.84. The second-order valence-corrected chi connectivity index (χ2v) is 5.46. The first-order chi connectivity index (χ1) is 8.11. The summed E-state index contributed by atoms with van der Waals surface area (Å²) in [5, 5.41) is 21.5. The van der Waals surface area contributed by atoms with Crippen molar-refractivity contribution in [2.75, 3.05) is 12.4 Å². The van der Waals surface area contributed by atoms with Crippen LogP contribution < -0.4 is 10.1 Å². The number of ether oxygens (including phenoxy) is 1. The van der Waals surface area contributed by atoms with Gasteiger partial charge in [0.05, 0.1) is 0 Å². The minimum absolute atomic E-state index is 0.151. The van der Waals surface area contributed by atoms with Crippen LogP contribution in [0.1, 0.15) is 5.56 Å². The molecular formula is C11H11NO4S. The molecule has 5 nitrogen and oxygen atoms in total. The molecule has 0 aliphatic carbocycles. The van der Waals surface area contributed by atoms with Gasteiger partial charge in [-0.1, -0.05) is 0 Å². The van der Waals surface area contributed by atoms with Gasteiger partial charge in [0, 0.05) is 17.4 Å². The molecule has 1 aromatic rings. The Morgan fingerprint density at radius 2 is 2.41 bits per heavy atom. The zero-order valence-corrected chi connectivity index (χ0v) is 9.66. The third-order valence-electron chi connectivity index (χ3n) is 3.03. The predicted octanol–water partition coefficient (Wildman–Crippen LogP) is 0.727. The van der Waals surface area contributed by atoms with Crippen molar-refractivity contribution in [3.05, 3.63) is 23.8 Å². The predicted molar refractivity (Wildman–Crippen MR) is 62.3 cm³/mol. The maximum Gasteiger partial charge on any atom is 0.321 e. The summed E-state index contributed by atoms with van der Waals surface area (Å²) in [6.07, 6.45) is 0. The molecule has 1 fully saturated rings. The molecule has 2 atom stereocenters. The Morgan fingerprint density at radius 1 is 1.59 bits per heavy atom. The van der Waals surface area contributed by atoms with E-state index < -0.39 is 16.9 Å². The van der Waals surface area contributed by atoms with Crippen molar-refractivity contribution in [1.29, 1.82) is 0 Å². The van der Waals surface area contributed by atoms with E-state index in [1.165, 1.54) is 11.8 Å². The lowest BCUT2D eigenvalue weighted by Gasteiger charge is -2.21. The normalized spacial score (nSPS) is 30.2. The van der Waals surface area contributed by atoms with Crippen molar-refractivity contribution in [1.82, 2.24) is 5.32 Å². The fourth-order valence-electron chi connectivity index (χ4n) is 2.18. The first-order valence-corrected chi connectivity index (χ1v) is 6.20. The number of nitrogens with one attached hydrogen (secondary N) is 1. The van der Waals surface area contributed by atoms with Crippen LogP contribution in [0.2, 0.25) is 0 Å². The van der Waals surface area contributed by atoms with Gasteiger partial charge in [0.1, 0.15) is 29.0 Å². The number of hydrogen-bond donors (Lipinski definition) is 3. The van der Waals surface area contributed by atoms with Gasteiger partial charge in [-0.15, -0.1) is 11.8 Å². The second-order valence-electron chi connectivity index (χ2n) is 4.14. The van der Waals surface area contributed by atoms with Gasteiger partial charge in [-0.05, 0) is 12.1 Å². The van der Waals surface area contributed by atoms with Crippen molar-refractivity contribution in [3.63, 3.8) is 0 Å². The van der Waals surface area contributed by atoms with E-state index in [1.54, 1.807) is 18.2 Å². The average Bonchev–Trinajstić information content (AvgIpc) is 2.86. The largest absolute Gasteiger partial charge is 0.508 e. The summed E-state index contributed by atoms with van der Waals surface area (Å²) in [5.74, 6) is 0.440. The van der Waals surface area contributed by atoms with Crippen LogP contribution in [-0.4, -0.2) is 34.6 Å². The maximum absolute atomic E-state index is 11.0. The topological polar surface area (TPSA) is 78.8 Å². The molecule has 1 aromatic carbocycles. The van der Waals surface area contributed by atoms with Crippen molar-refractivity contribution < 1.29 is 19.7 Å². The number of carboxylic acids is 1. The van der Waals surface area contributed by atoms with E-state index in [-0.39, 0.29) is 5.75 Å². The number of aromatic hydroxyl groups is 1. The Hall–Kier alpha value is -1.40. The van der Waals surface area contributed by atoms with Crippen LogP contribution in [0.5, 0.6) is 11.5 Å². The van der Waals surface area contributed by atoms with Crippen LogP contribution in [0, 0.1) is 0 Å². The van der Waals surface area contributed by atoms with Gasteiger partial charge < -0.3 is 14.9 Å². The summed E-state index contributed by atoms with van der Waals surface area (Å²) in [6.45, 7) is 0.389. The third kappa shape index (κ3) is 1.56. The molecule has 1 saturated heterocycles. The fourth-order valence-corrected chi connectivity index (χ4v) is 3.55. The highest BCUT2D eigenvalue weighted by Crippen LogP contribution is 2.48. The van der Waals surface area contributed by atoms with Gasteiger partial charge in [-0.3, -0.25) is 10.1 Å². The van der Waals surface area contributed by atoms with Crippen molar-refractivity contribution >= 4 is 17.7 Å². The summed E-state index contributed by atoms with van der Waals surface area (Å²) in [7, 11) is 0. The quantitative estimate of drug-likeness (QED) is 0.684. The number of benzene rings is 1. The van der Waals surface area contributed by atoms with Crippen molar-refractivity contribution in [2.24, 2.45) is 0 Å². The van der Waals surface area contributed by atoms with Crippen LogP contribution in [0.25, 0.3) is 0 Å². The number of aliphatic carboxylic acids is 1. The maximum atomic E-state index is 11.0. The van der Waals surface area contributed by atoms with Crippen LogP contribution in [0.15, 0.2) is 18.2 Å². The highest BCUT2D eigenvalue weighted by atomic mass is 32.2. The first kappa shape index (κ1) is 10.7. The highest BCUT2D eigenvalue weighted by Gasteiger charge is 2.48. The first-order valence-electron chi connectivity index (χ1n) is 5.21. The summed E-state index contributed by atoms with van der Waals surface area (Å²) >= 11 is 1.54. The molecule has 3 N–H and O–H groups in total. The van der Waals surface area contributed by atoms with Gasteiger partial charge >= 0.3 is 5.97 Å². The van der Waals surface area contributed by atoms with Gasteiger partial charge in [0.15, 0.2) is 0 Å². The number of carbonyl (C=O) groups is 1. The number of phenolic OH excluding ortho intramolecular Hbond substituents is 1. The van der Waals surface area contributed by atoms with E-state index in [4.69, 9.17) is 9.84 Å². The molecule has 6 heteroatoms. The van der Waals surface area contributed by atoms with Crippen LogP contribution in [-0.2, 0) is 9.67 Å². The number of thioether (sulfide) groups is 1. The molecule has 0 aromatic heterocycles. The minimum atomic E-state index is -0.846. The average molecular weight is 253 g/mol. The van der Waals surface area contributed by atoms with E-state index in [0.717, 1.165) is 5.56 Å². The van der Waals surface area contributed by atoms with Crippen molar-refractivity contribution in [2.45, 2.75) is 10.9 Å². The molecule has 2 aliphatic heterocycles. The molecule has 2 aliphatic rings. The molecule has 2 heterocycles. The molecule has 3 rings (SSSR count). The zero-order chi connectivity index (χ0) is 12.0. The Morgan fingerprint density at radius 3 is 3.12 bits per heavy atom.